The van der Waals surface area contributed by atoms with E-state index < -0.39 is 0 Å². The van der Waals surface area contributed by atoms with Crippen molar-refractivity contribution in [3.05, 3.63) is 64.5 Å². The molecule has 2 N–H and O–H groups in total. The Balaban J connectivity index is 1.56. The number of aryl methyl sites for hydroxylation is 4. The summed E-state index contributed by atoms with van der Waals surface area (Å²) in [5.41, 5.74) is 6.70. The third kappa shape index (κ3) is 5.17. The fourth-order valence-corrected chi connectivity index (χ4v) is 3.76. The molecule has 2 aromatic carbocycles. The van der Waals surface area contributed by atoms with Crippen molar-refractivity contribution in [2.75, 3.05) is 16.4 Å². The summed E-state index contributed by atoms with van der Waals surface area (Å²) in [4.78, 5) is 12.3. The standard InChI is InChI=1S/C22H27N5OS/c1-14-9-10-18(11-17(14)4)24-20(28)13-29-22-26-25-19(27(22)5)12-23-21-15(2)7-6-8-16(21)3/h6-11,23H,12-13H2,1-5H3,(H,24,28). The van der Waals surface area contributed by atoms with Gasteiger partial charge in [0.1, 0.15) is 0 Å². The fourth-order valence-electron chi connectivity index (χ4n) is 3.03. The van der Waals surface area contributed by atoms with Crippen molar-refractivity contribution in [3.8, 4) is 0 Å². The number of carbonyl (C=O) groups excluding carboxylic acids is 1. The number of thioether (sulfide) groups is 1. The zero-order valence-corrected chi connectivity index (χ0v) is 18.4. The molecule has 0 spiro atoms. The molecule has 0 saturated heterocycles. The van der Waals surface area contributed by atoms with Crippen LogP contribution < -0.4 is 10.6 Å². The monoisotopic (exact) mass is 409 g/mol. The zero-order chi connectivity index (χ0) is 21.0. The number of hydrogen-bond acceptors (Lipinski definition) is 5. The van der Waals surface area contributed by atoms with E-state index in [1.54, 1.807) is 0 Å². The number of rotatable bonds is 7. The normalized spacial score (nSPS) is 10.8. The van der Waals surface area contributed by atoms with Crippen LogP contribution in [0.3, 0.4) is 0 Å². The van der Waals surface area contributed by atoms with Crippen molar-refractivity contribution in [3.63, 3.8) is 0 Å². The minimum atomic E-state index is -0.0588. The number of carbonyl (C=O) groups is 1. The van der Waals surface area contributed by atoms with Crippen LogP contribution in [-0.2, 0) is 18.4 Å². The Morgan fingerprint density at radius 3 is 2.41 bits per heavy atom. The molecule has 1 heterocycles. The van der Waals surface area contributed by atoms with Crippen LogP contribution in [0.1, 0.15) is 28.1 Å². The number of para-hydroxylation sites is 1. The van der Waals surface area contributed by atoms with Crippen LogP contribution in [0.2, 0.25) is 0 Å². The lowest BCUT2D eigenvalue weighted by Gasteiger charge is -2.12. The molecule has 0 unspecified atom stereocenters. The fraction of sp³-hybridized carbons (Fsp3) is 0.318. The van der Waals surface area contributed by atoms with Crippen LogP contribution in [0.15, 0.2) is 41.6 Å². The maximum atomic E-state index is 12.3. The van der Waals surface area contributed by atoms with Gasteiger partial charge in [0.05, 0.1) is 12.3 Å². The Bertz CT molecular complexity index is 1010. The molecular formula is C22H27N5OS. The first kappa shape index (κ1) is 20.9. The van der Waals surface area contributed by atoms with Crippen LogP contribution in [-0.4, -0.2) is 26.4 Å². The van der Waals surface area contributed by atoms with E-state index in [2.05, 4.69) is 59.8 Å². The van der Waals surface area contributed by atoms with Gasteiger partial charge < -0.3 is 15.2 Å². The minimum Gasteiger partial charge on any atom is -0.377 e. The second kappa shape index (κ2) is 9.13. The average molecular weight is 410 g/mol. The van der Waals surface area contributed by atoms with Gasteiger partial charge in [0.25, 0.3) is 0 Å². The van der Waals surface area contributed by atoms with Gasteiger partial charge in [0, 0.05) is 18.4 Å². The highest BCUT2D eigenvalue weighted by atomic mass is 32.2. The van der Waals surface area contributed by atoms with Gasteiger partial charge in [-0.1, -0.05) is 36.0 Å². The lowest BCUT2D eigenvalue weighted by atomic mass is 10.1. The maximum absolute atomic E-state index is 12.3. The summed E-state index contributed by atoms with van der Waals surface area (Å²) < 4.78 is 1.93. The van der Waals surface area contributed by atoms with E-state index >= 15 is 0 Å². The van der Waals surface area contributed by atoms with E-state index in [4.69, 9.17) is 0 Å². The minimum absolute atomic E-state index is 0.0588. The lowest BCUT2D eigenvalue weighted by Crippen LogP contribution is -2.15. The Labute approximate surface area is 176 Å². The van der Waals surface area contributed by atoms with E-state index in [-0.39, 0.29) is 11.7 Å². The highest BCUT2D eigenvalue weighted by Crippen LogP contribution is 2.21. The molecule has 0 atom stereocenters. The van der Waals surface area contributed by atoms with Crippen LogP contribution in [0, 0.1) is 27.7 Å². The van der Waals surface area contributed by atoms with Gasteiger partial charge in [-0.15, -0.1) is 10.2 Å². The molecule has 0 aliphatic carbocycles. The van der Waals surface area contributed by atoms with Crippen LogP contribution in [0.4, 0.5) is 11.4 Å². The quantitative estimate of drug-likeness (QED) is 0.566. The number of hydrogen-bond donors (Lipinski definition) is 2. The summed E-state index contributed by atoms with van der Waals surface area (Å²) in [6.45, 7) is 8.83. The number of amides is 1. The summed E-state index contributed by atoms with van der Waals surface area (Å²) in [7, 11) is 1.92. The lowest BCUT2D eigenvalue weighted by molar-refractivity contribution is -0.113. The zero-order valence-electron chi connectivity index (χ0n) is 17.5. The molecule has 3 aromatic rings. The van der Waals surface area contributed by atoms with E-state index in [1.165, 1.54) is 28.5 Å². The van der Waals surface area contributed by atoms with Crippen molar-refractivity contribution in [1.29, 1.82) is 0 Å². The van der Waals surface area contributed by atoms with E-state index in [0.29, 0.717) is 6.54 Å². The molecule has 6 nitrogen and oxygen atoms in total. The number of anilines is 2. The Morgan fingerprint density at radius 2 is 1.72 bits per heavy atom. The van der Waals surface area contributed by atoms with Crippen molar-refractivity contribution in [2.45, 2.75) is 39.4 Å². The highest BCUT2D eigenvalue weighted by molar-refractivity contribution is 7.99. The molecule has 0 aliphatic heterocycles. The first-order valence-corrected chi connectivity index (χ1v) is 10.5. The first-order chi connectivity index (χ1) is 13.8. The predicted octanol–water partition coefficient (Wildman–Crippen LogP) is 4.39. The molecule has 0 aliphatic rings. The second-order valence-corrected chi connectivity index (χ2v) is 8.16. The second-order valence-electron chi connectivity index (χ2n) is 7.21. The van der Waals surface area contributed by atoms with E-state index in [1.807, 2.05) is 36.7 Å². The largest absolute Gasteiger partial charge is 0.377 e. The first-order valence-electron chi connectivity index (χ1n) is 9.53. The Morgan fingerprint density at radius 1 is 1.00 bits per heavy atom. The van der Waals surface area contributed by atoms with Gasteiger partial charge in [0.2, 0.25) is 5.91 Å². The Hall–Kier alpha value is -2.80. The molecule has 0 saturated carbocycles. The van der Waals surface area contributed by atoms with Crippen LogP contribution in [0.5, 0.6) is 0 Å². The Kier molecular flexibility index (Phi) is 6.59. The summed E-state index contributed by atoms with van der Waals surface area (Å²) in [6.07, 6.45) is 0. The smallest absolute Gasteiger partial charge is 0.234 e. The van der Waals surface area contributed by atoms with Gasteiger partial charge in [-0.25, -0.2) is 0 Å². The summed E-state index contributed by atoms with van der Waals surface area (Å²) >= 11 is 1.38. The van der Waals surface area contributed by atoms with Gasteiger partial charge in [-0.2, -0.15) is 0 Å². The SMILES string of the molecule is Cc1ccc(NC(=O)CSc2nnc(CNc3c(C)cccc3C)n2C)cc1C. The molecule has 0 fully saturated rings. The van der Waals surface area contributed by atoms with Crippen molar-refractivity contribution in [2.24, 2.45) is 7.05 Å². The van der Waals surface area contributed by atoms with Gasteiger partial charge in [-0.3, -0.25) is 4.79 Å². The molecule has 1 amide bonds. The third-order valence-corrected chi connectivity index (χ3v) is 5.97. The molecular weight excluding hydrogens is 382 g/mol. The van der Waals surface area contributed by atoms with Crippen LogP contribution >= 0.6 is 11.8 Å². The molecule has 0 radical (unpaired) electrons. The van der Waals surface area contributed by atoms with E-state index in [0.717, 1.165) is 27.9 Å². The predicted molar refractivity (Wildman–Crippen MR) is 120 cm³/mol. The molecule has 3 rings (SSSR count). The summed E-state index contributed by atoms with van der Waals surface area (Å²) in [5, 5.41) is 15.6. The van der Waals surface area contributed by atoms with Gasteiger partial charge in [-0.05, 0) is 62.1 Å². The average Bonchev–Trinajstić information content (AvgIpc) is 3.02. The topological polar surface area (TPSA) is 71.8 Å². The van der Waals surface area contributed by atoms with Gasteiger partial charge in [0.15, 0.2) is 11.0 Å². The van der Waals surface area contributed by atoms with Crippen molar-refractivity contribution in [1.82, 2.24) is 14.8 Å². The van der Waals surface area contributed by atoms with Crippen LogP contribution in [0.25, 0.3) is 0 Å². The molecule has 152 valence electrons. The molecule has 7 heteroatoms. The third-order valence-electron chi connectivity index (χ3n) is 4.95. The molecule has 29 heavy (non-hydrogen) atoms. The number of benzene rings is 2. The molecule has 0 bridgehead atoms. The highest BCUT2D eigenvalue weighted by Gasteiger charge is 2.12. The maximum Gasteiger partial charge on any atom is 0.234 e. The van der Waals surface area contributed by atoms with E-state index in [9.17, 15) is 4.79 Å². The number of nitrogens with one attached hydrogen (secondary N) is 2. The van der Waals surface area contributed by atoms with Crippen molar-refractivity contribution >= 4 is 29.0 Å². The number of aromatic nitrogens is 3. The summed E-state index contributed by atoms with van der Waals surface area (Å²) in [5.74, 6) is 1.05. The van der Waals surface area contributed by atoms with Gasteiger partial charge >= 0.3 is 0 Å². The number of nitrogens with zero attached hydrogens (tertiary/aromatic N) is 3. The molecule has 1 aromatic heterocycles. The van der Waals surface area contributed by atoms with Crippen molar-refractivity contribution < 1.29 is 4.79 Å². The summed E-state index contributed by atoms with van der Waals surface area (Å²) in [6, 6.07) is 12.1.